The summed E-state index contributed by atoms with van der Waals surface area (Å²) in [6, 6.07) is -0.340. The van der Waals surface area contributed by atoms with Crippen molar-refractivity contribution in [1.29, 1.82) is 0 Å². The Morgan fingerprint density at radius 1 is 0.867 bits per heavy atom. The molecule has 4 amide bonds. The van der Waals surface area contributed by atoms with Crippen molar-refractivity contribution in [2.75, 3.05) is 18.6 Å². The summed E-state index contributed by atoms with van der Waals surface area (Å²) in [6.45, 7) is 17.8. The standard InChI is InChI=1S/C32H58N6O6S/c1-19(2)13-26(28(39)15-22(7)29(40)35-27(14-20(3)4)30(41)33-17-21(5)6)34-31(42)25(11-12-45-10)36-32(43)44-18-38-24(9)16-23(8)37-38/h16,19-22,25-28,39H,11-15,17-18H2,1-10H3,(H,33,41)(H,34,42)(H,35,40)(H,36,43)/t22-,25+,26+,27+,28+/m1/s1. The number of carbonyl (C=O) groups is 4. The van der Waals surface area contributed by atoms with Gasteiger partial charge in [-0.25, -0.2) is 9.48 Å². The minimum absolute atomic E-state index is 0.0824. The largest absolute Gasteiger partial charge is 0.426 e. The van der Waals surface area contributed by atoms with E-state index < -0.39 is 42.1 Å². The summed E-state index contributed by atoms with van der Waals surface area (Å²) in [4.78, 5) is 52.0. The average Bonchev–Trinajstić information content (AvgIpc) is 3.27. The summed E-state index contributed by atoms with van der Waals surface area (Å²) >= 11 is 1.54. The van der Waals surface area contributed by atoms with E-state index in [0.717, 1.165) is 11.4 Å². The molecule has 1 heterocycles. The highest BCUT2D eigenvalue weighted by Crippen LogP contribution is 2.17. The van der Waals surface area contributed by atoms with Crippen LogP contribution in [0.15, 0.2) is 6.07 Å². The molecule has 0 aliphatic carbocycles. The van der Waals surface area contributed by atoms with Crippen molar-refractivity contribution in [2.45, 2.75) is 119 Å². The fourth-order valence-electron chi connectivity index (χ4n) is 4.80. The Labute approximate surface area is 273 Å². The predicted molar refractivity (Wildman–Crippen MR) is 179 cm³/mol. The zero-order valence-electron chi connectivity index (χ0n) is 28.9. The number of nitrogens with one attached hydrogen (secondary N) is 4. The summed E-state index contributed by atoms with van der Waals surface area (Å²) < 4.78 is 6.88. The highest BCUT2D eigenvalue weighted by molar-refractivity contribution is 7.98. The van der Waals surface area contributed by atoms with Gasteiger partial charge in [-0.1, -0.05) is 48.5 Å². The lowest BCUT2D eigenvalue weighted by Gasteiger charge is -2.30. The number of hydrogen-bond acceptors (Lipinski definition) is 8. The van der Waals surface area contributed by atoms with Gasteiger partial charge in [-0.15, -0.1) is 0 Å². The number of amides is 4. The SMILES string of the molecule is CSCC[C@H](NC(=O)OCn1nc(C)cc1C)C(=O)N[C@@H](CC(C)C)[C@@H](O)C[C@@H](C)C(=O)N[C@@H](CC(C)C)C(=O)NCC(C)C. The van der Waals surface area contributed by atoms with E-state index in [1.54, 1.807) is 23.4 Å². The van der Waals surface area contributed by atoms with E-state index in [1.807, 2.05) is 67.7 Å². The Hall–Kier alpha value is -2.80. The van der Waals surface area contributed by atoms with Crippen molar-refractivity contribution in [3.05, 3.63) is 17.5 Å². The van der Waals surface area contributed by atoms with Crippen molar-refractivity contribution >= 4 is 35.6 Å². The van der Waals surface area contributed by atoms with E-state index in [2.05, 4.69) is 26.4 Å². The fourth-order valence-corrected chi connectivity index (χ4v) is 5.27. The van der Waals surface area contributed by atoms with E-state index in [-0.39, 0.29) is 42.7 Å². The number of aliphatic hydroxyl groups excluding tert-OH is 1. The molecule has 0 saturated heterocycles. The molecule has 0 aliphatic heterocycles. The number of carbonyl (C=O) groups excluding carboxylic acids is 4. The molecular weight excluding hydrogens is 596 g/mol. The third-order valence-electron chi connectivity index (χ3n) is 7.23. The minimum Gasteiger partial charge on any atom is -0.426 e. The molecule has 1 aromatic rings. The zero-order chi connectivity index (χ0) is 34.3. The zero-order valence-corrected chi connectivity index (χ0v) is 29.8. The van der Waals surface area contributed by atoms with E-state index in [0.29, 0.717) is 31.6 Å². The average molecular weight is 655 g/mol. The van der Waals surface area contributed by atoms with Gasteiger partial charge >= 0.3 is 6.09 Å². The normalized spacial score (nSPS) is 14.9. The van der Waals surface area contributed by atoms with Crippen molar-refractivity contribution in [2.24, 2.45) is 23.7 Å². The van der Waals surface area contributed by atoms with Crippen LogP contribution in [0.1, 0.15) is 85.5 Å². The molecule has 13 heteroatoms. The number of aromatic nitrogens is 2. The molecule has 12 nitrogen and oxygen atoms in total. The van der Waals surface area contributed by atoms with E-state index in [1.165, 1.54) is 0 Å². The third kappa shape index (κ3) is 15.9. The highest BCUT2D eigenvalue weighted by atomic mass is 32.2. The van der Waals surface area contributed by atoms with Gasteiger partial charge in [-0.05, 0) is 75.4 Å². The van der Waals surface area contributed by atoms with Crippen LogP contribution < -0.4 is 21.3 Å². The topological polar surface area (TPSA) is 164 Å². The number of thioether (sulfide) groups is 1. The number of alkyl carbamates (subject to hydrolysis) is 1. The van der Waals surface area contributed by atoms with Crippen LogP contribution in [0.4, 0.5) is 4.79 Å². The van der Waals surface area contributed by atoms with Gasteiger partial charge in [-0.2, -0.15) is 16.9 Å². The molecule has 0 radical (unpaired) electrons. The maximum Gasteiger partial charge on any atom is 0.409 e. The van der Waals surface area contributed by atoms with Crippen LogP contribution >= 0.6 is 11.8 Å². The highest BCUT2D eigenvalue weighted by Gasteiger charge is 2.31. The Kier molecular flexibility index (Phi) is 18.2. The van der Waals surface area contributed by atoms with Crippen LogP contribution in [0.5, 0.6) is 0 Å². The molecule has 1 aromatic heterocycles. The molecule has 0 bridgehead atoms. The molecule has 0 unspecified atom stereocenters. The van der Waals surface area contributed by atoms with Crippen LogP contribution in [0.2, 0.25) is 0 Å². The quantitative estimate of drug-likeness (QED) is 0.143. The second kappa shape index (κ2) is 20.3. The van der Waals surface area contributed by atoms with E-state index in [4.69, 9.17) is 4.74 Å². The molecule has 45 heavy (non-hydrogen) atoms. The van der Waals surface area contributed by atoms with Gasteiger partial charge < -0.3 is 31.1 Å². The molecule has 0 aromatic carbocycles. The van der Waals surface area contributed by atoms with Crippen molar-refractivity contribution in [1.82, 2.24) is 31.0 Å². The lowest BCUT2D eigenvalue weighted by Crippen LogP contribution is -2.54. The maximum absolute atomic E-state index is 13.4. The van der Waals surface area contributed by atoms with E-state index >= 15 is 0 Å². The van der Waals surface area contributed by atoms with Crippen LogP contribution in [0.3, 0.4) is 0 Å². The third-order valence-corrected chi connectivity index (χ3v) is 7.87. The molecule has 5 atom stereocenters. The monoisotopic (exact) mass is 654 g/mol. The van der Waals surface area contributed by atoms with Gasteiger partial charge in [0.2, 0.25) is 17.7 Å². The Balaban J connectivity index is 2.91. The van der Waals surface area contributed by atoms with Gasteiger partial charge in [0.25, 0.3) is 0 Å². The van der Waals surface area contributed by atoms with Crippen LogP contribution in [-0.2, 0) is 25.9 Å². The van der Waals surface area contributed by atoms with Crippen LogP contribution in [0.25, 0.3) is 0 Å². The molecule has 0 saturated carbocycles. The lowest BCUT2D eigenvalue weighted by molar-refractivity contribution is -0.132. The number of aryl methyl sites for hydroxylation is 2. The molecule has 0 spiro atoms. The van der Waals surface area contributed by atoms with Gasteiger partial charge in [0.05, 0.1) is 17.8 Å². The molecule has 5 N–H and O–H groups in total. The second-order valence-electron chi connectivity index (χ2n) is 13.2. The van der Waals surface area contributed by atoms with Gasteiger partial charge in [0.1, 0.15) is 12.1 Å². The minimum atomic E-state index is -1.03. The molecule has 0 aliphatic rings. The number of ether oxygens (including phenoxy) is 1. The molecule has 258 valence electrons. The van der Waals surface area contributed by atoms with E-state index in [9.17, 15) is 24.3 Å². The van der Waals surface area contributed by atoms with Gasteiger partial charge in [0.15, 0.2) is 6.73 Å². The van der Waals surface area contributed by atoms with Crippen molar-refractivity contribution < 1.29 is 29.0 Å². The first-order chi connectivity index (χ1) is 21.0. The predicted octanol–water partition coefficient (Wildman–Crippen LogP) is 3.53. The van der Waals surface area contributed by atoms with Crippen molar-refractivity contribution in [3.63, 3.8) is 0 Å². The first-order valence-corrected chi connectivity index (χ1v) is 17.4. The number of hydrogen-bond donors (Lipinski definition) is 5. The summed E-state index contributed by atoms with van der Waals surface area (Å²) in [5.41, 5.74) is 1.65. The number of aliphatic hydroxyl groups is 1. The van der Waals surface area contributed by atoms with Crippen molar-refractivity contribution in [3.8, 4) is 0 Å². The fraction of sp³-hybridized carbons (Fsp3) is 0.781. The summed E-state index contributed by atoms with van der Waals surface area (Å²) in [6.07, 6.45) is 1.53. The Morgan fingerprint density at radius 2 is 1.51 bits per heavy atom. The van der Waals surface area contributed by atoms with Crippen LogP contribution in [-0.4, -0.2) is 81.5 Å². The lowest BCUT2D eigenvalue weighted by atomic mass is 9.91. The Bertz CT molecular complexity index is 1080. The number of rotatable bonds is 20. The first-order valence-electron chi connectivity index (χ1n) is 16.0. The second-order valence-corrected chi connectivity index (χ2v) is 14.2. The molecule has 0 fully saturated rings. The van der Waals surface area contributed by atoms with Gasteiger partial charge in [-0.3, -0.25) is 14.4 Å². The smallest absolute Gasteiger partial charge is 0.409 e. The summed E-state index contributed by atoms with van der Waals surface area (Å²) in [5.74, 6) is -0.385. The van der Waals surface area contributed by atoms with Gasteiger partial charge in [0, 0.05) is 18.2 Å². The van der Waals surface area contributed by atoms with Crippen LogP contribution in [0, 0.1) is 37.5 Å². The number of nitrogens with zero attached hydrogens (tertiary/aromatic N) is 2. The maximum atomic E-state index is 13.4. The molecule has 1 rings (SSSR count). The first kappa shape index (κ1) is 40.2. The molecular formula is C32H58N6O6S. The summed E-state index contributed by atoms with van der Waals surface area (Å²) in [7, 11) is 0. The summed E-state index contributed by atoms with van der Waals surface area (Å²) in [5, 5.41) is 26.9. The Morgan fingerprint density at radius 3 is 2.04 bits per heavy atom.